The van der Waals surface area contributed by atoms with Gasteiger partial charge in [-0.25, -0.2) is 4.79 Å². The van der Waals surface area contributed by atoms with E-state index in [1.807, 2.05) is 18.2 Å². The average Bonchev–Trinajstić information content (AvgIpc) is 2.54. The number of nitrogens with one attached hydrogen (secondary N) is 1. The van der Waals surface area contributed by atoms with Crippen LogP contribution in [0.2, 0.25) is 5.02 Å². The first-order chi connectivity index (χ1) is 10.6. The highest BCUT2D eigenvalue weighted by molar-refractivity contribution is 6.31. The Morgan fingerprint density at radius 2 is 1.86 bits per heavy atom. The molecule has 0 bridgehead atoms. The molecule has 0 saturated heterocycles. The van der Waals surface area contributed by atoms with Gasteiger partial charge in [0.25, 0.3) is 0 Å². The summed E-state index contributed by atoms with van der Waals surface area (Å²) in [5, 5.41) is 3.46. The van der Waals surface area contributed by atoms with E-state index in [1.54, 1.807) is 13.0 Å². The zero-order valence-electron chi connectivity index (χ0n) is 12.7. The van der Waals surface area contributed by atoms with Crippen molar-refractivity contribution in [2.45, 2.75) is 39.2 Å². The molecule has 0 fully saturated rings. The first-order valence-corrected chi connectivity index (χ1v) is 7.92. The zero-order valence-corrected chi connectivity index (χ0v) is 13.4. The van der Waals surface area contributed by atoms with E-state index in [-0.39, 0.29) is 11.9 Å². The molecule has 1 amide bonds. The summed E-state index contributed by atoms with van der Waals surface area (Å²) >= 11 is 6.08. The standard InChI is InChI=1S/C17H20ClNO3/c1-2-22-17(21)14-9-5-4-8-13(14)16(20)19-11-12-7-3-6-10-15(12)18/h3,6-7,10H,2,4-5,8-9,11H2,1H3,(H,19,20). The summed E-state index contributed by atoms with van der Waals surface area (Å²) in [4.78, 5) is 24.3. The molecule has 0 atom stereocenters. The first kappa shape index (κ1) is 16.6. The second kappa shape index (κ2) is 7.99. The maximum atomic E-state index is 12.4. The van der Waals surface area contributed by atoms with Crippen LogP contribution in [0.3, 0.4) is 0 Å². The Balaban J connectivity index is 2.09. The Hall–Kier alpha value is -1.81. The number of ether oxygens (including phenoxy) is 1. The van der Waals surface area contributed by atoms with Crippen molar-refractivity contribution < 1.29 is 14.3 Å². The van der Waals surface area contributed by atoms with Gasteiger partial charge in [0.05, 0.1) is 6.61 Å². The minimum absolute atomic E-state index is 0.206. The quantitative estimate of drug-likeness (QED) is 0.846. The Kier molecular flexibility index (Phi) is 6.01. The SMILES string of the molecule is CCOC(=O)C1=C(C(=O)NCc2ccccc2Cl)CCCC1. The first-order valence-electron chi connectivity index (χ1n) is 7.54. The highest BCUT2D eigenvalue weighted by Crippen LogP contribution is 2.26. The molecule has 0 saturated carbocycles. The maximum Gasteiger partial charge on any atom is 0.334 e. The van der Waals surface area contributed by atoms with Gasteiger partial charge < -0.3 is 10.1 Å². The van der Waals surface area contributed by atoms with Crippen molar-refractivity contribution in [2.75, 3.05) is 6.61 Å². The van der Waals surface area contributed by atoms with Crippen molar-refractivity contribution in [3.63, 3.8) is 0 Å². The van der Waals surface area contributed by atoms with E-state index in [1.165, 1.54) is 0 Å². The number of carbonyl (C=O) groups excluding carboxylic acids is 2. The lowest BCUT2D eigenvalue weighted by Gasteiger charge is -2.19. The van der Waals surface area contributed by atoms with Gasteiger partial charge in [-0.05, 0) is 44.2 Å². The van der Waals surface area contributed by atoms with Gasteiger partial charge >= 0.3 is 5.97 Å². The third-order valence-electron chi connectivity index (χ3n) is 3.66. The third-order valence-corrected chi connectivity index (χ3v) is 4.03. The van der Waals surface area contributed by atoms with Crippen molar-refractivity contribution >= 4 is 23.5 Å². The van der Waals surface area contributed by atoms with E-state index in [4.69, 9.17) is 16.3 Å². The fraction of sp³-hybridized carbons (Fsp3) is 0.412. The molecular weight excluding hydrogens is 302 g/mol. The van der Waals surface area contributed by atoms with Crippen molar-refractivity contribution in [2.24, 2.45) is 0 Å². The number of amides is 1. The molecule has 1 aromatic rings. The third kappa shape index (κ3) is 4.10. The topological polar surface area (TPSA) is 55.4 Å². The molecule has 4 nitrogen and oxygen atoms in total. The van der Waals surface area contributed by atoms with E-state index >= 15 is 0 Å². The van der Waals surface area contributed by atoms with Crippen LogP contribution in [0.15, 0.2) is 35.4 Å². The van der Waals surface area contributed by atoms with Crippen LogP contribution in [-0.4, -0.2) is 18.5 Å². The van der Waals surface area contributed by atoms with Crippen molar-refractivity contribution in [1.82, 2.24) is 5.32 Å². The Bertz CT molecular complexity index is 595. The van der Waals surface area contributed by atoms with Gasteiger partial charge in [0.2, 0.25) is 5.91 Å². The summed E-state index contributed by atoms with van der Waals surface area (Å²) < 4.78 is 5.05. The van der Waals surface area contributed by atoms with Crippen LogP contribution >= 0.6 is 11.6 Å². The van der Waals surface area contributed by atoms with Crippen molar-refractivity contribution in [1.29, 1.82) is 0 Å². The molecule has 118 valence electrons. The monoisotopic (exact) mass is 321 g/mol. The Labute approximate surface area is 135 Å². The summed E-state index contributed by atoms with van der Waals surface area (Å²) in [5.41, 5.74) is 1.92. The minimum Gasteiger partial charge on any atom is -0.463 e. The molecule has 2 rings (SSSR count). The highest BCUT2D eigenvalue weighted by Gasteiger charge is 2.24. The minimum atomic E-state index is -0.370. The molecule has 1 aromatic carbocycles. The molecule has 0 unspecified atom stereocenters. The maximum absolute atomic E-state index is 12.4. The normalized spacial score (nSPS) is 14.6. The molecule has 0 aliphatic heterocycles. The molecule has 1 aliphatic rings. The molecule has 1 aliphatic carbocycles. The van der Waals surface area contributed by atoms with E-state index in [0.29, 0.717) is 42.2 Å². The second-order valence-corrected chi connectivity index (χ2v) is 5.57. The molecule has 22 heavy (non-hydrogen) atoms. The molecule has 5 heteroatoms. The van der Waals surface area contributed by atoms with E-state index in [0.717, 1.165) is 18.4 Å². The molecule has 1 N–H and O–H groups in total. The average molecular weight is 322 g/mol. The van der Waals surface area contributed by atoms with Gasteiger partial charge in [0.1, 0.15) is 0 Å². The number of hydrogen-bond acceptors (Lipinski definition) is 3. The Morgan fingerprint density at radius 1 is 1.18 bits per heavy atom. The van der Waals surface area contributed by atoms with Gasteiger partial charge in [0.15, 0.2) is 0 Å². The summed E-state index contributed by atoms with van der Waals surface area (Å²) in [6.45, 7) is 2.42. The highest BCUT2D eigenvalue weighted by atomic mass is 35.5. The van der Waals surface area contributed by atoms with Gasteiger partial charge in [-0.3, -0.25) is 4.79 Å². The molecule has 0 aromatic heterocycles. The van der Waals surface area contributed by atoms with Crippen LogP contribution < -0.4 is 5.32 Å². The molecule has 0 spiro atoms. The lowest BCUT2D eigenvalue weighted by Crippen LogP contribution is -2.28. The fourth-order valence-corrected chi connectivity index (χ4v) is 2.73. The van der Waals surface area contributed by atoms with Crippen LogP contribution in [0.4, 0.5) is 0 Å². The largest absolute Gasteiger partial charge is 0.463 e. The Morgan fingerprint density at radius 3 is 2.55 bits per heavy atom. The van der Waals surface area contributed by atoms with Gasteiger partial charge in [0, 0.05) is 22.7 Å². The number of hydrogen-bond donors (Lipinski definition) is 1. The molecular formula is C17H20ClNO3. The predicted octanol–water partition coefficient (Wildman–Crippen LogP) is 3.39. The summed E-state index contributed by atoms with van der Waals surface area (Å²) in [5.74, 6) is -0.576. The van der Waals surface area contributed by atoms with E-state index in [9.17, 15) is 9.59 Å². The van der Waals surface area contributed by atoms with Crippen LogP contribution in [0.1, 0.15) is 38.2 Å². The number of esters is 1. The summed E-state index contributed by atoms with van der Waals surface area (Å²) in [6, 6.07) is 7.37. The van der Waals surface area contributed by atoms with Crippen LogP contribution in [-0.2, 0) is 20.9 Å². The summed E-state index contributed by atoms with van der Waals surface area (Å²) in [6.07, 6.45) is 3.05. The van der Waals surface area contributed by atoms with Crippen LogP contribution in [0, 0.1) is 0 Å². The molecule has 0 radical (unpaired) electrons. The number of rotatable bonds is 5. The zero-order chi connectivity index (χ0) is 15.9. The van der Waals surface area contributed by atoms with Crippen molar-refractivity contribution in [3.05, 3.63) is 46.0 Å². The smallest absolute Gasteiger partial charge is 0.334 e. The van der Waals surface area contributed by atoms with Gasteiger partial charge in [-0.1, -0.05) is 29.8 Å². The van der Waals surface area contributed by atoms with Crippen LogP contribution in [0.25, 0.3) is 0 Å². The lowest BCUT2D eigenvalue weighted by atomic mass is 9.91. The fourth-order valence-electron chi connectivity index (χ4n) is 2.52. The predicted molar refractivity (Wildman–Crippen MR) is 85.4 cm³/mol. The van der Waals surface area contributed by atoms with Gasteiger partial charge in [-0.15, -0.1) is 0 Å². The van der Waals surface area contributed by atoms with E-state index < -0.39 is 0 Å². The number of halogens is 1. The number of benzene rings is 1. The van der Waals surface area contributed by atoms with E-state index in [2.05, 4.69) is 5.32 Å². The van der Waals surface area contributed by atoms with Gasteiger partial charge in [-0.2, -0.15) is 0 Å². The second-order valence-electron chi connectivity index (χ2n) is 5.16. The van der Waals surface area contributed by atoms with Crippen molar-refractivity contribution in [3.8, 4) is 0 Å². The number of carbonyl (C=O) groups is 2. The molecule has 0 heterocycles. The van der Waals surface area contributed by atoms with Crippen LogP contribution in [0.5, 0.6) is 0 Å². The lowest BCUT2D eigenvalue weighted by molar-refractivity contribution is -0.139. The summed E-state index contributed by atoms with van der Waals surface area (Å²) in [7, 11) is 0.